The standard InChI is InChI=1S/C19H19ClN2O4S/c1-24-9-8-22-15-7-4-12(20)10-17(15)27-19(22)21-18(23)14-6-5-13(25-2)11-16(14)26-3/h4-7,10-11H,8-9H2,1-3H3. The number of nitrogens with zero attached hydrogens (tertiary/aromatic N) is 2. The molecule has 27 heavy (non-hydrogen) atoms. The Kier molecular flexibility index (Phi) is 6.15. The van der Waals surface area contributed by atoms with E-state index in [1.807, 2.05) is 22.8 Å². The van der Waals surface area contributed by atoms with Crippen LogP contribution in [0.1, 0.15) is 10.4 Å². The number of thiazole rings is 1. The summed E-state index contributed by atoms with van der Waals surface area (Å²) < 4.78 is 18.6. The first-order chi connectivity index (χ1) is 13.1. The molecule has 142 valence electrons. The van der Waals surface area contributed by atoms with Gasteiger partial charge in [0.25, 0.3) is 5.91 Å². The van der Waals surface area contributed by atoms with E-state index in [0.717, 1.165) is 10.2 Å². The maximum absolute atomic E-state index is 12.8. The second-order valence-corrected chi connectivity index (χ2v) is 7.07. The normalized spacial score (nSPS) is 11.8. The molecule has 2 aromatic carbocycles. The van der Waals surface area contributed by atoms with Crippen molar-refractivity contribution >= 4 is 39.1 Å². The monoisotopic (exact) mass is 406 g/mol. The van der Waals surface area contributed by atoms with Gasteiger partial charge in [0.1, 0.15) is 11.5 Å². The van der Waals surface area contributed by atoms with Crippen LogP contribution in [0.15, 0.2) is 41.4 Å². The molecule has 3 aromatic rings. The molecule has 0 unspecified atom stereocenters. The number of aromatic nitrogens is 1. The van der Waals surface area contributed by atoms with Crippen LogP contribution in [0.5, 0.6) is 11.5 Å². The highest BCUT2D eigenvalue weighted by atomic mass is 35.5. The Bertz CT molecular complexity index is 1040. The zero-order chi connectivity index (χ0) is 19.4. The summed E-state index contributed by atoms with van der Waals surface area (Å²) in [4.78, 5) is 17.7. The van der Waals surface area contributed by atoms with Crippen LogP contribution in [0.2, 0.25) is 5.02 Å². The Morgan fingerprint density at radius 3 is 2.67 bits per heavy atom. The molecule has 1 aromatic heterocycles. The number of rotatable bonds is 6. The predicted octanol–water partition coefficient (Wildman–Crippen LogP) is 3.76. The van der Waals surface area contributed by atoms with Crippen molar-refractivity contribution in [1.82, 2.24) is 4.57 Å². The Balaban J connectivity index is 2.10. The number of fused-ring (bicyclic) bond motifs is 1. The van der Waals surface area contributed by atoms with Gasteiger partial charge in [0.2, 0.25) is 0 Å². The van der Waals surface area contributed by atoms with Gasteiger partial charge in [-0.05, 0) is 30.3 Å². The first-order valence-electron chi connectivity index (χ1n) is 8.16. The number of halogens is 1. The molecule has 8 heteroatoms. The van der Waals surface area contributed by atoms with E-state index in [0.29, 0.717) is 40.0 Å². The molecule has 0 spiro atoms. The Morgan fingerprint density at radius 2 is 1.96 bits per heavy atom. The molecular weight excluding hydrogens is 388 g/mol. The highest BCUT2D eigenvalue weighted by molar-refractivity contribution is 7.16. The lowest BCUT2D eigenvalue weighted by Crippen LogP contribution is -2.19. The molecule has 0 fully saturated rings. The smallest absolute Gasteiger partial charge is 0.283 e. The Morgan fingerprint density at radius 1 is 1.15 bits per heavy atom. The second-order valence-electron chi connectivity index (χ2n) is 5.62. The van der Waals surface area contributed by atoms with Crippen LogP contribution in [-0.2, 0) is 11.3 Å². The van der Waals surface area contributed by atoms with Gasteiger partial charge in [-0.3, -0.25) is 4.79 Å². The number of hydrogen-bond donors (Lipinski definition) is 0. The number of methoxy groups -OCH3 is 3. The van der Waals surface area contributed by atoms with Crippen LogP contribution in [0, 0.1) is 0 Å². The topological polar surface area (TPSA) is 62.1 Å². The number of ether oxygens (including phenoxy) is 3. The molecule has 0 atom stereocenters. The number of carbonyl (C=O) groups is 1. The predicted molar refractivity (Wildman–Crippen MR) is 106 cm³/mol. The van der Waals surface area contributed by atoms with E-state index in [1.165, 1.54) is 18.4 Å². The minimum absolute atomic E-state index is 0.368. The molecule has 1 heterocycles. The number of carbonyl (C=O) groups excluding carboxylic acids is 1. The van der Waals surface area contributed by atoms with Crippen LogP contribution >= 0.6 is 22.9 Å². The molecule has 6 nitrogen and oxygen atoms in total. The molecule has 0 aliphatic rings. The van der Waals surface area contributed by atoms with Crippen molar-refractivity contribution in [2.24, 2.45) is 4.99 Å². The summed E-state index contributed by atoms with van der Waals surface area (Å²) in [5.41, 5.74) is 1.32. The van der Waals surface area contributed by atoms with E-state index in [9.17, 15) is 4.79 Å². The van der Waals surface area contributed by atoms with E-state index in [-0.39, 0.29) is 0 Å². The first-order valence-corrected chi connectivity index (χ1v) is 9.35. The van der Waals surface area contributed by atoms with Gasteiger partial charge in [-0.1, -0.05) is 22.9 Å². The molecule has 0 saturated heterocycles. The van der Waals surface area contributed by atoms with Crippen molar-refractivity contribution in [3.63, 3.8) is 0 Å². The summed E-state index contributed by atoms with van der Waals surface area (Å²) >= 11 is 7.50. The van der Waals surface area contributed by atoms with Gasteiger partial charge in [0.05, 0.1) is 36.6 Å². The fourth-order valence-electron chi connectivity index (χ4n) is 2.65. The number of hydrogen-bond acceptors (Lipinski definition) is 5. The van der Waals surface area contributed by atoms with Gasteiger partial charge >= 0.3 is 0 Å². The molecule has 3 rings (SSSR count). The van der Waals surface area contributed by atoms with Crippen molar-refractivity contribution in [3.05, 3.63) is 51.8 Å². The second kappa shape index (κ2) is 8.56. The maximum atomic E-state index is 12.8. The molecule has 0 aliphatic carbocycles. The zero-order valence-corrected chi connectivity index (χ0v) is 16.8. The lowest BCUT2D eigenvalue weighted by atomic mass is 10.2. The van der Waals surface area contributed by atoms with E-state index in [1.54, 1.807) is 32.4 Å². The number of amides is 1. The molecule has 0 aliphatic heterocycles. The highest BCUT2D eigenvalue weighted by Crippen LogP contribution is 2.26. The minimum Gasteiger partial charge on any atom is -0.497 e. The maximum Gasteiger partial charge on any atom is 0.283 e. The summed E-state index contributed by atoms with van der Waals surface area (Å²) in [7, 11) is 4.70. The SMILES string of the molecule is COCCn1c(=NC(=O)c2ccc(OC)cc2OC)sc2cc(Cl)ccc21. The quantitative estimate of drug-likeness (QED) is 0.625. The fourth-order valence-corrected chi connectivity index (χ4v) is 3.98. The minimum atomic E-state index is -0.390. The molecule has 0 N–H and O–H groups in total. The Hall–Kier alpha value is -2.35. The molecule has 0 saturated carbocycles. The summed E-state index contributed by atoms with van der Waals surface area (Å²) in [6.45, 7) is 1.08. The van der Waals surface area contributed by atoms with E-state index >= 15 is 0 Å². The van der Waals surface area contributed by atoms with Crippen molar-refractivity contribution in [2.75, 3.05) is 27.9 Å². The third-order valence-corrected chi connectivity index (χ3v) is 5.28. The fraction of sp³-hybridized carbons (Fsp3) is 0.263. The zero-order valence-electron chi connectivity index (χ0n) is 15.2. The van der Waals surface area contributed by atoms with Gasteiger partial charge in [-0.25, -0.2) is 0 Å². The summed E-state index contributed by atoms with van der Waals surface area (Å²) in [5.74, 6) is 0.629. The summed E-state index contributed by atoms with van der Waals surface area (Å²) in [6, 6.07) is 10.6. The van der Waals surface area contributed by atoms with Crippen LogP contribution in [0.4, 0.5) is 0 Å². The van der Waals surface area contributed by atoms with Gasteiger partial charge in [-0.15, -0.1) is 0 Å². The molecule has 0 radical (unpaired) electrons. The molecular formula is C19H19ClN2O4S. The van der Waals surface area contributed by atoms with Crippen LogP contribution in [-0.4, -0.2) is 38.4 Å². The van der Waals surface area contributed by atoms with Crippen LogP contribution < -0.4 is 14.3 Å². The van der Waals surface area contributed by atoms with E-state index in [2.05, 4.69) is 4.99 Å². The van der Waals surface area contributed by atoms with E-state index < -0.39 is 5.91 Å². The lowest BCUT2D eigenvalue weighted by molar-refractivity contribution is 0.0994. The average Bonchev–Trinajstić information content (AvgIpc) is 3.01. The van der Waals surface area contributed by atoms with Crippen molar-refractivity contribution in [1.29, 1.82) is 0 Å². The van der Waals surface area contributed by atoms with Gasteiger partial charge in [0.15, 0.2) is 4.80 Å². The third-order valence-electron chi connectivity index (χ3n) is 4.00. The molecule has 1 amide bonds. The molecule has 0 bridgehead atoms. The number of benzene rings is 2. The van der Waals surface area contributed by atoms with Crippen molar-refractivity contribution in [2.45, 2.75) is 6.54 Å². The van der Waals surface area contributed by atoms with Crippen molar-refractivity contribution < 1.29 is 19.0 Å². The third kappa shape index (κ3) is 4.16. The Labute approximate surface area is 165 Å². The lowest BCUT2D eigenvalue weighted by Gasteiger charge is -2.08. The average molecular weight is 407 g/mol. The van der Waals surface area contributed by atoms with Crippen molar-refractivity contribution in [3.8, 4) is 11.5 Å². The first kappa shape index (κ1) is 19.4. The summed E-state index contributed by atoms with van der Waals surface area (Å²) in [5, 5.41) is 0.636. The van der Waals surface area contributed by atoms with E-state index in [4.69, 9.17) is 25.8 Å². The van der Waals surface area contributed by atoms with Crippen LogP contribution in [0.25, 0.3) is 10.2 Å². The van der Waals surface area contributed by atoms with Gasteiger partial charge in [0, 0.05) is 24.7 Å². The van der Waals surface area contributed by atoms with Crippen LogP contribution in [0.3, 0.4) is 0 Å². The van der Waals surface area contributed by atoms with Gasteiger partial charge < -0.3 is 18.8 Å². The van der Waals surface area contributed by atoms with Gasteiger partial charge in [-0.2, -0.15) is 4.99 Å². The summed E-state index contributed by atoms with van der Waals surface area (Å²) in [6.07, 6.45) is 0. The largest absolute Gasteiger partial charge is 0.497 e. The highest BCUT2D eigenvalue weighted by Gasteiger charge is 2.14.